The van der Waals surface area contributed by atoms with Crippen molar-refractivity contribution in [3.05, 3.63) is 188 Å². The predicted molar refractivity (Wildman–Crippen MR) is 227 cm³/mol. The highest BCUT2D eigenvalue weighted by molar-refractivity contribution is 7.26. The fraction of sp³-hybridized carbons (Fsp3) is 0. The van der Waals surface area contributed by atoms with E-state index >= 15 is 0 Å². The van der Waals surface area contributed by atoms with Crippen LogP contribution >= 0.6 is 11.3 Å². The standard InChI is InChI=1S/C50H31NOS/c1-2-9-32(10-3-1)34-19-23-40(24-20-34)51(41-25-21-35(22-26-41)39-18-17-33-11-4-5-12-36(33)29-39)44-15-8-16-46-48(44)49-47(53-46)28-27-42-43-30-37-13-6-7-14-38(37)31-45(43)52-50(42)49/h1-31H. The predicted octanol–water partition coefficient (Wildman–Crippen LogP) is 15.1. The Morgan fingerprint density at radius 2 is 0.962 bits per heavy atom. The fourth-order valence-corrected chi connectivity index (χ4v) is 9.15. The number of nitrogens with zero attached hydrogens (tertiary/aromatic N) is 1. The molecule has 0 saturated heterocycles. The summed E-state index contributed by atoms with van der Waals surface area (Å²) in [6, 6.07) is 68.0. The molecule has 0 atom stereocenters. The van der Waals surface area contributed by atoms with E-state index in [-0.39, 0.29) is 0 Å². The van der Waals surface area contributed by atoms with Crippen LogP contribution in [0.4, 0.5) is 17.1 Å². The highest BCUT2D eigenvalue weighted by Crippen LogP contribution is 2.48. The third-order valence-corrected chi connectivity index (χ3v) is 11.7. The first kappa shape index (κ1) is 30.0. The molecular weight excluding hydrogens is 663 g/mol. The van der Waals surface area contributed by atoms with Gasteiger partial charge in [0.2, 0.25) is 0 Å². The summed E-state index contributed by atoms with van der Waals surface area (Å²) in [4.78, 5) is 2.41. The molecule has 0 radical (unpaired) electrons. The Bertz CT molecular complexity index is 3150. The number of anilines is 3. The summed E-state index contributed by atoms with van der Waals surface area (Å²) in [6.07, 6.45) is 0. The van der Waals surface area contributed by atoms with Gasteiger partial charge in [0, 0.05) is 42.3 Å². The van der Waals surface area contributed by atoms with Crippen LogP contribution in [0.2, 0.25) is 0 Å². The van der Waals surface area contributed by atoms with Gasteiger partial charge in [-0.1, -0.05) is 121 Å². The molecule has 0 bridgehead atoms. The number of fused-ring (bicyclic) bond motifs is 9. The normalized spacial score (nSPS) is 11.8. The van der Waals surface area contributed by atoms with Gasteiger partial charge >= 0.3 is 0 Å². The average Bonchev–Trinajstić information content (AvgIpc) is 3.79. The van der Waals surface area contributed by atoms with Gasteiger partial charge in [-0.25, -0.2) is 0 Å². The lowest BCUT2D eigenvalue weighted by molar-refractivity contribution is 0.673. The van der Waals surface area contributed by atoms with E-state index in [1.165, 1.54) is 58.6 Å². The molecule has 0 N–H and O–H groups in total. The SMILES string of the molecule is c1ccc(-c2ccc(N(c3ccc(-c4ccc5ccccc5c4)cc3)c3cccc4sc5ccc6c7cc8ccccc8cc7oc6c5c34)cc2)cc1. The maximum Gasteiger partial charge on any atom is 0.144 e. The Kier molecular flexibility index (Phi) is 6.76. The first-order valence-electron chi connectivity index (χ1n) is 18.0. The van der Waals surface area contributed by atoms with Crippen molar-refractivity contribution < 1.29 is 4.42 Å². The summed E-state index contributed by atoms with van der Waals surface area (Å²) in [7, 11) is 0. The summed E-state index contributed by atoms with van der Waals surface area (Å²) in [6.45, 7) is 0. The van der Waals surface area contributed by atoms with Crippen LogP contribution in [0.25, 0.3) is 85.9 Å². The van der Waals surface area contributed by atoms with Gasteiger partial charge in [0.15, 0.2) is 0 Å². The van der Waals surface area contributed by atoms with Gasteiger partial charge in [-0.3, -0.25) is 0 Å². The van der Waals surface area contributed by atoms with Gasteiger partial charge in [0.25, 0.3) is 0 Å². The van der Waals surface area contributed by atoms with Crippen LogP contribution in [0.15, 0.2) is 192 Å². The molecule has 0 aliphatic heterocycles. The summed E-state index contributed by atoms with van der Waals surface area (Å²) in [5.41, 5.74) is 9.97. The second kappa shape index (κ2) is 11.9. The third-order valence-electron chi connectivity index (χ3n) is 10.6. The number of rotatable bonds is 5. The molecule has 248 valence electrons. The van der Waals surface area contributed by atoms with Crippen molar-refractivity contribution >= 4 is 92.1 Å². The van der Waals surface area contributed by atoms with E-state index in [0.29, 0.717) is 0 Å². The van der Waals surface area contributed by atoms with Gasteiger partial charge in [0.1, 0.15) is 11.2 Å². The maximum atomic E-state index is 6.83. The molecule has 2 aromatic heterocycles. The zero-order valence-electron chi connectivity index (χ0n) is 28.7. The Balaban J connectivity index is 1.12. The second-order valence-corrected chi connectivity index (χ2v) is 14.8. The summed E-state index contributed by atoms with van der Waals surface area (Å²) >= 11 is 1.82. The van der Waals surface area contributed by atoms with Crippen molar-refractivity contribution in [2.75, 3.05) is 4.90 Å². The van der Waals surface area contributed by atoms with Crippen LogP contribution in [0.5, 0.6) is 0 Å². The Labute approximate surface area is 310 Å². The molecule has 0 saturated carbocycles. The first-order chi connectivity index (χ1) is 26.2. The molecule has 53 heavy (non-hydrogen) atoms. The van der Waals surface area contributed by atoms with E-state index in [4.69, 9.17) is 4.42 Å². The minimum absolute atomic E-state index is 0.917. The summed E-state index contributed by atoms with van der Waals surface area (Å²) in [5, 5.41) is 9.56. The van der Waals surface area contributed by atoms with Crippen LogP contribution in [-0.4, -0.2) is 0 Å². The number of thiophene rings is 1. The van der Waals surface area contributed by atoms with Gasteiger partial charge in [-0.2, -0.15) is 0 Å². The molecule has 0 aliphatic rings. The zero-order chi connectivity index (χ0) is 34.9. The van der Waals surface area contributed by atoms with E-state index in [1.54, 1.807) is 0 Å². The molecule has 11 rings (SSSR count). The van der Waals surface area contributed by atoms with Crippen LogP contribution in [0, 0.1) is 0 Å². The molecule has 0 aliphatic carbocycles. The summed E-state index contributed by atoms with van der Waals surface area (Å²) in [5.74, 6) is 0. The zero-order valence-corrected chi connectivity index (χ0v) is 29.5. The molecule has 2 nitrogen and oxygen atoms in total. The monoisotopic (exact) mass is 693 g/mol. The van der Waals surface area contributed by atoms with Crippen molar-refractivity contribution in [1.82, 2.24) is 0 Å². The molecule has 9 aromatic carbocycles. The van der Waals surface area contributed by atoms with E-state index in [1.807, 2.05) is 11.3 Å². The summed E-state index contributed by atoms with van der Waals surface area (Å²) < 4.78 is 9.28. The lowest BCUT2D eigenvalue weighted by Gasteiger charge is -2.27. The highest BCUT2D eigenvalue weighted by Gasteiger charge is 2.22. The molecule has 3 heteroatoms. The Hall–Kier alpha value is -6.68. The van der Waals surface area contributed by atoms with Crippen molar-refractivity contribution in [2.45, 2.75) is 0 Å². The average molecular weight is 694 g/mol. The number of furan rings is 1. The minimum atomic E-state index is 0.917. The van der Waals surface area contributed by atoms with Crippen molar-refractivity contribution in [1.29, 1.82) is 0 Å². The van der Waals surface area contributed by atoms with Crippen molar-refractivity contribution in [2.24, 2.45) is 0 Å². The van der Waals surface area contributed by atoms with Gasteiger partial charge in [0.05, 0.1) is 5.69 Å². The van der Waals surface area contributed by atoms with E-state index in [0.717, 1.165) is 44.4 Å². The molecule has 0 spiro atoms. The molecule has 0 fully saturated rings. The Morgan fingerprint density at radius 3 is 1.70 bits per heavy atom. The molecule has 0 amide bonds. The quantitative estimate of drug-likeness (QED) is 0.178. The van der Waals surface area contributed by atoms with Crippen molar-refractivity contribution in [3.63, 3.8) is 0 Å². The fourth-order valence-electron chi connectivity index (χ4n) is 8.02. The van der Waals surface area contributed by atoms with E-state index in [9.17, 15) is 0 Å². The Morgan fingerprint density at radius 1 is 0.377 bits per heavy atom. The highest BCUT2D eigenvalue weighted by atomic mass is 32.1. The van der Waals surface area contributed by atoms with Gasteiger partial charge in [-0.15, -0.1) is 11.3 Å². The second-order valence-electron chi connectivity index (χ2n) is 13.7. The van der Waals surface area contributed by atoms with Gasteiger partial charge in [-0.05, 0) is 111 Å². The smallest absolute Gasteiger partial charge is 0.144 e. The molecule has 11 aromatic rings. The number of benzene rings is 9. The van der Waals surface area contributed by atoms with Crippen LogP contribution in [-0.2, 0) is 0 Å². The van der Waals surface area contributed by atoms with Crippen LogP contribution < -0.4 is 4.90 Å². The minimum Gasteiger partial charge on any atom is -0.455 e. The lowest BCUT2D eigenvalue weighted by Crippen LogP contribution is -2.10. The van der Waals surface area contributed by atoms with Crippen LogP contribution in [0.3, 0.4) is 0 Å². The van der Waals surface area contributed by atoms with Gasteiger partial charge < -0.3 is 9.32 Å². The van der Waals surface area contributed by atoms with E-state index < -0.39 is 0 Å². The largest absolute Gasteiger partial charge is 0.455 e. The van der Waals surface area contributed by atoms with E-state index in [2.05, 4.69) is 193 Å². The molecule has 2 heterocycles. The number of hydrogen-bond donors (Lipinski definition) is 0. The lowest BCUT2D eigenvalue weighted by atomic mass is 10.0. The molecule has 0 unspecified atom stereocenters. The number of hydrogen-bond acceptors (Lipinski definition) is 3. The first-order valence-corrected chi connectivity index (χ1v) is 18.8. The third kappa shape index (κ3) is 4.93. The van der Waals surface area contributed by atoms with Crippen LogP contribution in [0.1, 0.15) is 0 Å². The topological polar surface area (TPSA) is 16.4 Å². The molecular formula is C50H31NOS. The maximum absolute atomic E-state index is 6.83. The van der Waals surface area contributed by atoms with Crippen molar-refractivity contribution in [3.8, 4) is 22.3 Å².